The van der Waals surface area contributed by atoms with Gasteiger partial charge >= 0.3 is 5.97 Å². The molecule has 0 aromatic carbocycles. The normalized spacial score (nSPS) is 15.4. The first-order valence-electron chi connectivity index (χ1n) is 9.90. The van der Waals surface area contributed by atoms with Gasteiger partial charge in [-0.3, -0.25) is 19.2 Å². The number of hydrogen-bond donors (Lipinski definition) is 9. The number of carboxylic acid groups (broad SMARTS) is 1. The van der Waals surface area contributed by atoms with Crippen LogP contribution in [0.25, 0.3) is 0 Å². The molecule has 1 heterocycles. The first kappa shape index (κ1) is 27.5. The summed E-state index contributed by atoms with van der Waals surface area (Å²) in [6.07, 6.45) is 0.576. The number of carbonyl (C=O) groups is 5. The van der Waals surface area contributed by atoms with Crippen molar-refractivity contribution in [3.8, 4) is 0 Å². The summed E-state index contributed by atoms with van der Waals surface area (Å²) in [5.74, 6) is -4.98. The summed E-state index contributed by atoms with van der Waals surface area (Å²) >= 11 is 0. The van der Waals surface area contributed by atoms with Crippen LogP contribution in [0.15, 0.2) is 12.5 Å². The number of aromatic amines is 1. The molecule has 1 aromatic heterocycles. The lowest BCUT2D eigenvalue weighted by Crippen LogP contribution is -2.60. The number of hydrogen-bond acceptors (Lipinski definition) is 9. The van der Waals surface area contributed by atoms with E-state index in [9.17, 15) is 34.2 Å². The molecule has 0 fully saturated rings. The van der Waals surface area contributed by atoms with E-state index < -0.39 is 66.5 Å². The molecule has 15 nitrogen and oxygen atoms in total. The number of carboxylic acids is 1. The van der Waals surface area contributed by atoms with Gasteiger partial charge in [0.05, 0.1) is 19.0 Å². The first-order chi connectivity index (χ1) is 15.5. The first-order valence-corrected chi connectivity index (χ1v) is 9.90. The molecule has 0 saturated heterocycles. The van der Waals surface area contributed by atoms with Gasteiger partial charge in [0.15, 0.2) is 0 Å². The highest BCUT2D eigenvalue weighted by Crippen LogP contribution is 2.04. The second kappa shape index (κ2) is 13.1. The number of aliphatic hydroxyl groups is 2. The van der Waals surface area contributed by atoms with E-state index in [1.54, 1.807) is 0 Å². The molecule has 0 aliphatic carbocycles. The fourth-order valence-electron chi connectivity index (χ4n) is 2.65. The van der Waals surface area contributed by atoms with Gasteiger partial charge in [0.2, 0.25) is 23.6 Å². The molecule has 0 bridgehead atoms. The molecule has 0 radical (unpaired) electrons. The van der Waals surface area contributed by atoms with Crippen molar-refractivity contribution in [1.29, 1.82) is 0 Å². The Hall–Kier alpha value is -3.56. The lowest BCUT2D eigenvalue weighted by Gasteiger charge is -2.26. The molecule has 15 heteroatoms. The molecular formula is C18H29N7O8. The fourth-order valence-corrected chi connectivity index (χ4v) is 2.65. The zero-order valence-electron chi connectivity index (χ0n) is 17.9. The lowest BCUT2D eigenvalue weighted by molar-refractivity contribution is -0.143. The van der Waals surface area contributed by atoms with Gasteiger partial charge in [-0.1, -0.05) is 0 Å². The third-order valence-corrected chi connectivity index (χ3v) is 4.50. The van der Waals surface area contributed by atoms with Crippen molar-refractivity contribution in [2.75, 3.05) is 6.61 Å². The van der Waals surface area contributed by atoms with Gasteiger partial charge in [0, 0.05) is 24.7 Å². The van der Waals surface area contributed by atoms with Gasteiger partial charge in [0.1, 0.15) is 24.2 Å². The van der Waals surface area contributed by atoms with E-state index in [2.05, 4.69) is 25.9 Å². The van der Waals surface area contributed by atoms with Crippen LogP contribution in [0.5, 0.6) is 0 Å². The Labute approximate surface area is 188 Å². The molecule has 33 heavy (non-hydrogen) atoms. The average molecular weight is 471 g/mol. The maximum atomic E-state index is 12.8. The second-order valence-corrected chi connectivity index (χ2v) is 7.26. The lowest BCUT2D eigenvalue weighted by atomic mass is 10.1. The summed E-state index contributed by atoms with van der Waals surface area (Å²) in [6.45, 7) is 0.513. The van der Waals surface area contributed by atoms with E-state index in [1.165, 1.54) is 19.4 Å². The molecule has 5 atom stereocenters. The maximum absolute atomic E-state index is 12.8. The fraction of sp³-hybridized carbons (Fsp3) is 0.556. The second-order valence-electron chi connectivity index (χ2n) is 7.26. The summed E-state index contributed by atoms with van der Waals surface area (Å²) in [6, 6.07) is -5.68. The van der Waals surface area contributed by atoms with Crippen LogP contribution >= 0.6 is 0 Å². The number of rotatable bonds is 14. The minimum atomic E-state index is -1.60. The van der Waals surface area contributed by atoms with E-state index in [-0.39, 0.29) is 19.3 Å². The number of primary amides is 1. The van der Waals surface area contributed by atoms with E-state index in [1.807, 2.05) is 0 Å². The largest absolute Gasteiger partial charge is 0.480 e. The standard InChI is InChI=1S/C18H29N7O8/c1-8(27)14(17(31)23-11(18(32)33)2-3-13(20)28)25-16(30)12(4-9-5-21-7-22-9)24-15(29)10(19)6-26/h5,7-8,10-12,14,26-27H,2-4,6,19H2,1H3,(H2,20,28)(H,21,22)(H,23,31)(H,24,29)(H,25,30)(H,32,33). The van der Waals surface area contributed by atoms with Crippen LogP contribution in [0, 0.1) is 0 Å². The van der Waals surface area contributed by atoms with Crippen LogP contribution in [-0.2, 0) is 30.4 Å². The quantitative estimate of drug-likeness (QED) is 0.125. The number of imidazole rings is 1. The SMILES string of the molecule is CC(O)C(NC(=O)C(Cc1cnc[nH]1)NC(=O)C(N)CO)C(=O)NC(CCC(N)=O)C(=O)O. The summed E-state index contributed by atoms with van der Waals surface area (Å²) in [5.41, 5.74) is 10.9. The Morgan fingerprint density at radius 3 is 2.21 bits per heavy atom. The van der Waals surface area contributed by atoms with Gasteiger partial charge in [-0.15, -0.1) is 0 Å². The zero-order chi connectivity index (χ0) is 25.1. The molecule has 184 valence electrons. The number of nitrogens with one attached hydrogen (secondary N) is 4. The van der Waals surface area contributed by atoms with Crippen molar-refractivity contribution in [2.24, 2.45) is 11.5 Å². The predicted octanol–water partition coefficient (Wildman–Crippen LogP) is -4.54. The van der Waals surface area contributed by atoms with E-state index in [0.717, 1.165) is 0 Å². The number of carbonyl (C=O) groups excluding carboxylic acids is 4. The highest BCUT2D eigenvalue weighted by atomic mass is 16.4. The maximum Gasteiger partial charge on any atom is 0.326 e. The van der Waals surface area contributed by atoms with Crippen molar-refractivity contribution in [3.05, 3.63) is 18.2 Å². The van der Waals surface area contributed by atoms with E-state index >= 15 is 0 Å². The predicted molar refractivity (Wildman–Crippen MR) is 111 cm³/mol. The van der Waals surface area contributed by atoms with Gasteiger partial charge in [0.25, 0.3) is 0 Å². The third kappa shape index (κ3) is 9.22. The molecule has 1 aromatic rings. The van der Waals surface area contributed by atoms with Crippen LogP contribution in [-0.4, -0.2) is 91.8 Å². The summed E-state index contributed by atoms with van der Waals surface area (Å²) in [5, 5.41) is 35.0. The van der Waals surface area contributed by atoms with Crippen LogP contribution in [0.2, 0.25) is 0 Å². The number of aromatic nitrogens is 2. The zero-order valence-corrected chi connectivity index (χ0v) is 17.9. The van der Waals surface area contributed by atoms with Crippen LogP contribution in [0.4, 0.5) is 0 Å². The summed E-state index contributed by atoms with van der Waals surface area (Å²) in [7, 11) is 0. The molecule has 5 unspecified atom stereocenters. The smallest absolute Gasteiger partial charge is 0.326 e. The van der Waals surface area contributed by atoms with Gasteiger partial charge < -0.3 is 47.7 Å². The van der Waals surface area contributed by atoms with E-state index in [0.29, 0.717) is 5.69 Å². The Morgan fingerprint density at radius 1 is 1.09 bits per heavy atom. The van der Waals surface area contributed by atoms with Crippen LogP contribution in [0.3, 0.4) is 0 Å². The van der Waals surface area contributed by atoms with Gasteiger partial charge in [-0.2, -0.15) is 0 Å². The minimum absolute atomic E-state index is 0.0970. The monoisotopic (exact) mass is 471 g/mol. The number of aliphatic carboxylic acids is 1. The van der Waals surface area contributed by atoms with Gasteiger partial charge in [-0.25, -0.2) is 9.78 Å². The molecule has 0 spiro atoms. The number of nitrogens with zero attached hydrogens (tertiary/aromatic N) is 1. The topological polar surface area (TPSA) is 263 Å². The highest BCUT2D eigenvalue weighted by Gasteiger charge is 2.33. The van der Waals surface area contributed by atoms with Crippen molar-refractivity contribution >= 4 is 29.6 Å². The van der Waals surface area contributed by atoms with Crippen LogP contribution < -0.4 is 27.4 Å². The Bertz CT molecular complexity index is 830. The van der Waals surface area contributed by atoms with Crippen molar-refractivity contribution in [2.45, 2.75) is 56.5 Å². The number of H-pyrrole nitrogens is 1. The van der Waals surface area contributed by atoms with E-state index in [4.69, 9.17) is 16.6 Å². The molecule has 4 amide bonds. The van der Waals surface area contributed by atoms with Crippen molar-refractivity contribution < 1.29 is 39.3 Å². The number of nitrogens with two attached hydrogens (primary N) is 2. The molecule has 0 saturated carbocycles. The summed E-state index contributed by atoms with van der Waals surface area (Å²) < 4.78 is 0. The third-order valence-electron chi connectivity index (χ3n) is 4.50. The molecule has 1 rings (SSSR count). The van der Waals surface area contributed by atoms with Crippen LogP contribution in [0.1, 0.15) is 25.5 Å². The molecule has 0 aliphatic rings. The molecule has 11 N–H and O–H groups in total. The Morgan fingerprint density at radius 2 is 1.73 bits per heavy atom. The Balaban J connectivity index is 2.98. The Kier molecular flexibility index (Phi) is 10.9. The molecule has 0 aliphatic heterocycles. The highest BCUT2D eigenvalue weighted by molar-refractivity contribution is 5.94. The van der Waals surface area contributed by atoms with Crippen molar-refractivity contribution in [3.63, 3.8) is 0 Å². The van der Waals surface area contributed by atoms with Crippen molar-refractivity contribution in [1.82, 2.24) is 25.9 Å². The van der Waals surface area contributed by atoms with Gasteiger partial charge in [-0.05, 0) is 13.3 Å². The molecular weight excluding hydrogens is 442 g/mol. The average Bonchev–Trinajstić information content (AvgIpc) is 3.25. The summed E-state index contributed by atoms with van der Waals surface area (Å²) in [4.78, 5) is 66.3. The number of aliphatic hydroxyl groups excluding tert-OH is 2. The minimum Gasteiger partial charge on any atom is -0.480 e. The number of amides is 4.